The van der Waals surface area contributed by atoms with Crippen LogP contribution in [0.15, 0.2) is 34.9 Å². The Morgan fingerprint density at radius 2 is 2.24 bits per heavy atom. The van der Waals surface area contributed by atoms with Crippen molar-refractivity contribution in [2.24, 2.45) is 5.84 Å². The number of aromatic nitrogens is 2. The number of rotatable bonds is 6. The van der Waals surface area contributed by atoms with Crippen molar-refractivity contribution in [1.29, 1.82) is 0 Å². The van der Waals surface area contributed by atoms with Gasteiger partial charge in [-0.2, -0.15) is 5.10 Å². The van der Waals surface area contributed by atoms with Gasteiger partial charge in [0.05, 0.1) is 22.4 Å². The van der Waals surface area contributed by atoms with Gasteiger partial charge in [0, 0.05) is 11.1 Å². The van der Waals surface area contributed by atoms with Gasteiger partial charge in [0.15, 0.2) is 0 Å². The van der Waals surface area contributed by atoms with E-state index in [4.69, 9.17) is 22.2 Å². The van der Waals surface area contributed by atoms with Crippen molar-refractivity contribution in [2.45, 2.75) is 25.9 Å². The smallest absolute Gasteiger partial charge is 0.120 e. The number of hydrazine groups is 1. The van der Waals surface area contributed by atoms with Crippen molar-refractivity contribution in [2.75, 3.05) is 6.61 Å². The number of hydrogen-bond donors (Lipinski definition) is 2. The van der Waals surface area contributed by atoms with E-state index in [1.165, 1.54) is 0 Å². The number of halogens is 2. The maximum Gasteiger partial charge on any atom is 0.120 e. The summed E-state index contributed by atoms with van der Waals surface area (Å²) in [6, 6.07) is 7.31. The molecule has 0 aliphatic carbocycles. The molecule has 0 bridgehead atoms. The molecular formula is C14H18BrClN4O. The van der Waals surface area contributed by atoms with Gasteiger partial charge >= 0.3 is 0 Å². The molecule has 7 heteroatoms. The lowest BCUT2D eigenvalue weighted by atomic mass is 10.2. The predicted octanol–water partition coefficient (Wildman–Crippen LogP) is 3.46. The molecule has 1 aromatic carbocycles. The number of hydrogen-bond acceptors (Lipinski definition) is 4. The van der Waals surface area contributed by atoms with E-state index in [0.29, 0.717) is 17.4 Å². The number of benzene rings is 1. The summed E-state index contributed by atoms with van der Waals surface area (Å²) in [6.45, 7) is 4.50. The highest BCUT2D eigenvalue weighted by Crippen LogP contribution is 2.26. The van der Waals surface area contributed by atoms with E-state index in [1.807, 2.05) is 16.8 Å². The lowest BCUT2D eigenvalue weighted by Crippen LogP contribution is -2.34. The second-order valence-electron chi connectivity index (χ2n) is 4.90. The summed E-state index contributed by atoms with van der Waals surface area (Å²) in [5, 5.41) is 4.99. The molecule has 114 valence electrons. The molecule has 2 aromatic rings. The van der Waals surface area contributed by atoms with Crippen LogP contribution < -0.4 is 16.0 Å². The van der Waals surface area contributed by atoms with Crippen LogP contribution in [0.3, 0.4) is 0 Å². The van der Waals surface area contributed by atoms with Crippen LogP contribution in [0.5, 0.6) is 5.75 Å². The molecule has 0 aliphatic heterocycles. The second-order valence-corrected chi connectivity index (χ2v) is 6.19. The number of ether oxygens (including phenoxy) is 1. The monoisotopic (exact) mass is 372 g/mol. The van der Waals surface area contributed by atoms with Crippen LogP contribution in [0.25, 0.3) is 0 Å². The average Bonchev–Trinajstić information content (AvgIpc) is 2.82. The van der Waals surface area contributed by atoms with E-state index in [1.54, 1.807) is 18.3 Å². The summed E-state index contributed by atoms with van der Waals surface area (Å²) < 4.78 is 8.57. The quantitative estimate of drug-likeness (QED) is 0.601. The largest absolute Gasteiger partial charge is 0.491 e. The van der Waals surface area contributed by atoms with E-state index in [0.717, 1.165) is 10.2 Å². The Labute approximate surface area is 137 Å². The minimum absolute atomic E-state index is 0.191. The fourth-order valence-electron chi connectivity index (χ4n) is 2.03. The molecule has 1 unspecified atom stereocenters. The van der Waals surface area contributed by atoms with Crippen LogP contribution in [0.4, 0.5) is 0 Å². The fraction of sp³-hybridized carbons (Fsp3) is 0.357. The molecule has 0 aliphatic rings. The van der Waals surface area contributed by atoms with E-state index in [2.05, 4.69) is 40.3 Å². The zero-order valence-corrected chi connectivity index (χ0v) is 14.2. The molecule has 1 atom stereocenters. The van der Waals surface area contributed by atoms with Crippen LogP contribution >= 0.6 is 27.5 Å². The molecule has 1 heterocycles. The van der Waals surface area contributed by atoms with E-state index >= 15 is 0 Å². The molecule has 3 N–H and O–H groups in total. The van der Waals surface area contributed by atoms with Gasteiger partial charge in [0.1, 0.15) is 12.4 Å². The SMILES string of the molecule is CC(C)n1ncc(Br)c1C(COc1cccc(Cl)c1)NN. The van der Waals surface area contributed by atoms with E-state index < -0.39 is 0 Å². The summed E-state index contributed by atoms with van der Waals surface area (Å²) in [5.41, 5.74) is 3.73. The molecule has 1 aromatic heterocycles. The topological polar surface area (TPSA) is 65.1 Å². The van der Waals surface area contributed by atoms with E-state index in [-0.39, 0.29) is 12.1 Å². The highest BCUT2D eigenvalue weighted by molar-refractivity contribution is 9.10. The predicted molar refractivity (Wildman–Crippen MR) is 87.3 cm³/mol. The van der Waals surface area contributed by atoms with E-state index in [9.17, 15) is 0 Å². The Morgan fingerprint density at radius 3 is 2.86 bits per heavy atom. The normalized spacial score (nSPS) is 12.7. The highest BCUT2D eigenvalue weighted by atomic mass is 79.9. The van der Waals surface area contributed by atoms with Crippen molar-refractivity contribution in [3.63, 3.8) is 0 Å². The second kappa shape index (κ2) is 7.26. The van der Waals surface area contributed by atoms with Crippen molar-refractivity contribution in [1.82, 2.24) is 15.2 Å². The first-order valence-electron chi connectivity index (χ1n) is 6.60. The van der Waals surface area contributed by atoms with Gasteiger partial charge in [0.25, 0.3) is 0 Å². The Kier molecular flexibility index (Phi) is 5.64. The lowest BCUT2D eigenvalue weighted by molar-refractivity contribution is 0.257. The number of nitrogens with one attached hydrogen (secondary N) is 1. The summed E-state index contributed by atoms with van der Waals surface area (Å²) >= 11 is 9.45. The Hall–Kier alpha value is -1.08. The number of nitrogens with two attached hydrogens (primary N) is 1. The molecule has 0 fully saturated rings. The molecule has 0 spiro atoms. The molecule has 21 heavy (non-hydrogen) atoms. The van der Waals surface area contributed by atoms with Crippen LogP contribution in [0, 0.1) is 0 Å². The zero-order valence-electron chi connectivity index (χ0n) is 11.9. The van der Waals surface area contributed by atoms with Crippen LogP contribution in [0.2, 0.25) is 5.02 Å². The summed E-state index contributed by atoms with van der Waals surface area (Å²) in [5.74, 6) is 6.38. The first kappa shape index (κ1) is 16.3. The minimum atomic E-state index is -0.191. The first-order valence-corrected chi connectivity index (χ1v) is 7.77. The van der Waals surface area contributed by atoms with Gasteiger partial charge in [-0.05, 0) is 48.0 Å². The first-order chi connectivity index (χ1) is 10.0. The van der Waals surface area contributed by atoms with Crippen molar-refractivity contribution < 1.29 is 4.74 Å². The third-order valence-electron chi connectivity index (χ3n) is 3.02. The third kappa shape index (κ3) is 3.97. The van der Waals surface area contributed by atoms with Gasteiger partial charge in [-0.3, -0.25) is 10.5 Å². The van der Waals surface area contributed by atoms with Crippen LogP contribution in [0.1, 0.15) is 31.6 Å². The summed E-state index contributed by atoms with van der Waals surface area (Å²) in [4.78, 5) is 0. The highest BCUT2D eigenvalue weighted by Gasteiger charge is 2.21. The Balaban J connectivity index is 2.15. The molecule has 0 radical (unpaired) electrons. The van der Waals surface area contributed by atoms with Gasteiger partial charge in [-0.1, -0.05) is 17.7 Å². The third-order valence-corrected chi connectivity index (χ3v) is 3.87. The summed E-state index contributed by atoms with van der Waals surface area (Å²) in [6.07, 6.45) is 1.76. The molecular weight excluding hydrogens is 356 g/mol. The van der Waals surface area contributed by atoms with Crippen molar-refractivity contribution >= 4 is 27.5 Å². The Morgan fingerprint density at radius 1 is 1.48 bits per heavy atom. The Bertz CT molecular complexity index is 602. The molecule has 2 rings (SSSR count). The van der Waals surface area contributed by atoms with Crippen molar-refractivity contribution in [3.05, 3.63) is 45.7 Å². The fourth-order valence-corrected chi connectivity index (χ4v) is 2.76. The lowest BCUT2D eigenvalue weighted by Gasteiger charge is -2.20. The standard InChI is InChI=1S/C14H18BrClN4O/c1-9(2)20-14(12(15)7-18-20)13(19-17)8-21-11-5-3-4-10(16)6-11/h3-7,9,13,19H,8,17H2,1-2H3. The van der Waals surface area contributed by atoms with Crippen molar-refractivity contribution in [3.8, 4) is 5.75 Å². The molecule has 5 nitrogen and oxygen atoms in total. The van der Waals surface area contributed by atoms with Gasteiger partial charge < -0.3 is 4.74 Å². The van der Waals surface area contributed by atoms with Gasteiger partial charge in [-0.15, -0.1) is 0 Å². The minimum Gasteiger partial charge on any atom is -0.491 e. The average molecular weight is 374 g/mol. The molecule has 0 amide bonds. The molecule has 0 saturated carbocycles. The van der Waals surface area contributed by atoms with Gasteiger partial charge in [-0.25, -0.2) is 5.43 Å². The summed E-state index contributed by atoms with van der Waals surface area (Å²) in [7, 11) is 0. The maximum absolute atomic E-state index is 5.94. The zero-order chi connectivity index (χ0) is 15.4. The van der Waals surface area contributed by atoms with Crippen LogP contribution in [-0.4, -0.2) is 16.4 Å². The molecule has 0 saturated heterocycles. The van der Waals surface area contributed by atoms with Gasteiger partial charge in [0.2, 0.25) is 0 Å². The van der Waals surface area contributed by atoms with Crippen LogP contribution in [-0.2, 0) is 0 Å². The number of nitrogens with zero attached hydrogens (tertiary/aromatic N) is 2. The maximum atomic E-state index is 5.94.